The fourth-order valence-corrected chi connectivity index (χ4v) is 0.286. The van der Waals surface area contributed by atoms with E-state index in [9.17, 15) is 4.79 Å². The molecule has 0 spiro atoms. The second-order valence-corrected chi connectivity index (χ2v) is 1.36. The molecule has 9 heavy (non-hydrogen) atoms. The number of nitrogens with one attached hydrogen (secondary N) is 1. The zero-order valence-electron chi connectivity index (χ0n) is 4.66. The molecule has 0 rings (SSSR count). The van der Waals surface area contributed by atoms with Gasteiger partial charge >= 0.3 is 5.97 Å². The normalized spacial score (nSPS) is 11.6. The highest BCUT2D eigenvalue weighted by Gasteiger charge is 2.12. The lowest BCUT2D eigenvalue weighted by molar-refractivity contribution is -0.140. The van der Waals surface area contributed by atoms with Gasteiger partial charge in [0.15, 0.2) is 6.04 Å². The Kier molecular flexibility index (Phi) is 3.25. The van der Waals surface area contributed by atoms with Crippen LogP contribution in [0.25, 0.3) is 0 Å². The minimum Gasteiger partial charge on any atom is -0.480 e. The largest absolute Gasteiger partial charge is 0.480 e. The first kappa shape index (κ1) is 7.79. The molecule has 0 fully saturated rings. The summed E-state index contributed by atoms with van der Waals surface area (Å²) in [5, 5.41) is 18.6. The van der Waals surface area contributed by atoms with Gasteiger partial charge in [0, 0.05) is 6.04 Å². The number of carboxylic acids is 1. The zero-order chi connectivity index (χ0) is 7.28. The molecule has 0 aromatic rings. The molecule has 0 aromatic carbocycles. The fourth-order valence-electron chi connectivity index (χ4n) is 0.286. The summed E-state index contributed by atoms with van der Waals surface area (Å²) < 4.78 is 0. The third-order valence-corrected chi connectivity index (χ3v) is 0.738. The molecule has 0 amide bonds. The third-order valence-electron chi connectivity index (χ3n) is 0.738. The Morgan fingerprint density at radius 2 is 2.44 bits per heavy atom. The fraction of sp³-hybridized carbons (Fsp3) is 0.400. The highest BCUT2D eigenvalue weighted by molar-refractivity contribution is 5.73. The number of aliphatic hydroxyl groups is 1. The van der Waals surface area contributed by atoms with Crippen LogP contribution in [0.3, 0.4) is 0 Å². The summed E-state index contributed by atoms with van der Waals surface area (Å²) in [6.07, 6.45) is 4.71. The first-order chi connectivity index (χ1) is 4.22. The molecule has 50 valence electrons. The van der Waals surface area contributed by atoms with Crippen LogP contribution in [0, 0.1) is 12.5 Å². The predicted octanol–water partition coefficient (Wildman–Crippen LogP) is -1.39. The molecule has 0 saturated heterocycles. The first-order valence-electron chi connectivity index (χ1n) is 2.27. The lowest BCUT2D eigenvalue weighted by atomic mass is 10.3. The summed E-state index contributed by atoms with van der Waals surface area (Å²) in [7, 11) is 0. The number of hydrogen-bond donors (Lipinski definition) is 3. The Bertz CT molecular complexity index is 138. The molecule has 0 aliphatic carbocycles. The molecule has 4 nitrogen and oxygen atoms in total. The molecule has 1 atom stereocenters. The van der Waals surface area contributed by atoms with E-state index in [1.165, 1.54) is 0 Å². The predicted molar refractivity (Wildman–Crippen MR) is 30.5 cm³/mol. The van der Waals surface area contributed by atoms with Crippen LogP contribution in [-0.2, 0) is 4.79 Å². The molecule has 0 bridgehead atoms. The monoisotopic (exact) mass is 129 g/mol. The van der Waals surface area contributed by atoms with Crippen molar-refractivity contribution in [1.82, 2.24) is 5.32 Å². The number of aliphatic hydroxyl groups excluding tert-OH is 1. The standard InChI is InChI=1S/C5H7NO3/c1-2-6-4(3-7)5(8)9/h1,4,6-7H,3H2,(H,8,9)/t4-/m0/s1. The van der Waals surface area contributed by atoms with Gasteiger partial charge in [0.05, 0.1) is 6.61 Å². The summed E-state index contributed by atoms with van der Waals surface area (Å²) in [4.78, 5) is 10.0. The van der Waals surface area contributed by atoms with E-state index in [2.05, 4.69) is 5.32 Å². The first-order valence-corrected chi connectivity index (χ1v) is 2.27. The van der Waals surface area contributed by atoms with Crippen molar-refractivity contribution in [1.29, 1.82) is 0 Å². The summed E-state index contributed by atoms with van der Waals surface area (Å²) >= 11 is 0. The number of hydrogen-bond acceptors (Lipinski definition) is 3. The molecule has 0 heterocycles. The van der Waals surface area contributed by atoms with Crippen molar-refractivity contribution in [3.63, 3.8) is 0 Å². The Balaban J connectivity index is 3.71. The van der Waals surface area contributed by atoms with Crippen molar-refractivity contribution in [3.8, 4) is 12.5 Å². The van der Waals surface area contributed by atoms with E-state index >= 15 is 0 Å². The molecule has 0 radical (unpaired) electrons. The molecule has 3 N–H and O–H groups in total. The lowest BCUT2D eigenvalue weighted by Crippen LogP contribution is -2.36. The molecule has 0 aliphatic heterocycles. The third kappa shape index (κ3) is 2.57. The van der Waals surface area contributed by atoms with Gasteiger partial charge in [-0.3, -0.25) is 0 Å². The van der Waals surface area contributed by atoms with Gasteiger partial charge in [0.1, 0.15) is 0 Å². The number of rotatable bonds is 3. The summed E-state index contributed by atoms with van der Waals surface area (Å²) in [5.74, 6) is -1.16. The quantitative estimate of drug-likeness (QED) is 0.324. The van der Waals surface area contributed by atoms with E-state index in [-0.39, 0.29) is 0 Å². The highest BCUT2D eigenvalue weighted by atomic mass is 16.4. The van der Waals surface area contributed by atoms with Crippen molar-refractivity contribution < 1.29 is 15.0 Å². The Morgan fingerprint density at radius 1 is 1.89 bits per heavy atom. The van der Waals surface area contributed by atoms with Crippen LogP contribution in [0.5, 0.6) is 0 Å². The minimum atomic E-state index is -1.16. The van der Waals surface area contributed by atoms with Gasteiger partial charge in [-0.2, -0.15) is 0 Å². The average Bonchev–Trinajstić information content (AvgIpc) is 1.82. The Labute approximate surface area is 52.5 Å². The van der Waals surface area contributed by atoms with E-state index in [4.69, 9.17) is 16.6 Å². The van der Waals surface area contributed by atoms with E-state index in [1.54, 1.807) is 0 Å². The maximum absolute atomic E-state index is 10.0. The molecule has 0 unspecified atom stereocenters. The number of carbonyl (C=O) groups is 1. The second-order valence-electron chi connectivity index (χ2n) is 1.36. The van der Waals surface area contributed by atoms with Gasteiger partial charge in [-0.1, -0.05) is 6.42 Å². The van der Waals surface area contributed by atoms with Crippen LogP contribution < -0.4 is 5.32 Å². The number of carboxylic acid groups (broad SMARTS) is 1. The summed E-state index contributed by atoms with van der Waals surface area (Å²) in [6.45, 7) is -0.500. The van der Waals surface area contributed by atoms with Crippen LogP contribution in [-0.4, -0.2) is 28.8 Å². The van der Waals surface area contributed by atoms with Crippen LogP contribution in [0.1, 0.15) is 0 Å². The van der Waals surface area contributed by atoms with Crippen molar-refractivity contribution in [2.24, 2.45) is 0 Å². The van der Waals surface area contributed by atoms with E-state index in [1.807, 2.05) is 6.04 Å². The maximum atomic E-state index is 10.0. The minimum absolute atomic E-state index is 0.500. The van der Waals surface area contributed by atoms with E-state index in [0.29, 0.717) is 0 Å². The van der Waals surface area contributed by atoms with Crippen LogP contribution in [0.2, 0.25) is 0 Å². The maximum Gasteiger partial charge on any atom is 0.329 e. The highest BCUT2D eigenvalue weighted by Crippen LogP contribution is 1.78. The van der Waals surface area contributed by atoms with Crippen LogP contribution >= 0.6 is 0 Å². The van der Waals surface area contributed by atoms with Crippen molar-refractivity contribution in [3.05, 3.63) is 0 Å². The van der Waals surface area contributed by atoms with Gasteiger partial charge in [0.2, 0.25) is 0 Å². The van der Waals surface area contributed by atoms with Crippen molar-refractivity contribution in [2.75, 3.05) is 6.61 Å². The topological polar surface area (TPSA) is 69.6 Å². The van der Waals surface area contributed by atoms with Gasteiger partial charge in [-0.25, -0.2) is 4.79 Å². The van der Waals surface area contributed by atoms with Gasteiger partial charge in [-0.15, -0.1) is 0 Å². The van der Waals surface area contributed by atoms with E-state index < -0.39 is 18.6 Å². The van der Waals surface area contributed by atoms with E-state index in [0.717, 1.165) is 0 Å². The molecule has 0 saturated carbocycles. The Morgan fingerprint density at radius 3 is 2.56 bits per heavy atom. The SMILES string of the molecule is C#CN[C@@H](CO)C(=O)O. The Hall–Kier alpha value is -1.21. The molecule has 4 heteroatoms. The summed E-state index contributed by atoms with van der Waals surface area (Å²) in [6, 6.07) is 0.863. The zero-order valence-corrected chi connectivity index (χ0v) is 4.66. The smallest absolute Gasteiger partial charge is 0.329 e. The van der Waals surface area contributed by atoms with Crippen LogP contribution in [0.4, 0.5) is 0 Å². The average molecular weight is 129 g/mol. The van der Waals surface area contributed by atoms with Crippen molar-refractivity contribution >= 4 is 5.97 Å². The molecular weight excluding hydrogens is 122 g/mol. The van der Waals surface area contributed by atoms with Gasteiger partial charge < -0.3 is 15.5 Å². The van der Waals surface area contributed by atoms with Gasteiger partial charge in [0.25, 0.3) is 0 Å². The van der Waals surface area contributed by atoms with Crippen LogP contribution in [0.15, 0.2) is 0 Å². The van der Waals surface area contributed by atoms with Crippen molar-refractivity contribution in [2.45, 2.75) is 6.04 Å². The number of terminal acetylenes is 1. The number of aliphatic carboxylic acids is 1. The summed E-state index contributed by atoms with van der Waals surface area (Å²) in [5.41, 5.74) is 0. The molecule has 0 aromatic heterocycles. The second kappa shape index (κ2) is 3.75. The lowest BCUT2D eigenvalue weighted by Gasteiger charge is -2.04. The molecular formula is C5H7NO3. The van der Waals surface area contributed by atoms with Gasteiger partial charge in [-0.05, 0) is 0 Å². The molecule has 0 aliphatic rings.